The Labute approximate surface area is 194 Å². The Kier molecular flexibility index (Phi) is 9.65. The summed E-state index contributed by atoms with van der Waals surface area (Å²) in [6, 6.07) is 7.52. The molecule has 2 aliphatic rings. The zero-order valence-corrected chi connectivity index (χ0v) is 20.4. The van der Waals surface area contributed by atoms with Gasteiger partial charge in [-0.2, -0.15) is 0 Å². The highest BCUT2D eigenvalue weighted by Gasteiger charge is 2.32. The number of benzene rings is 1. The summed E-state index contributed by atoms with van der Waals surface area (Å²) in [6.45, 7) is 13.5. The van der Waals surface area contributed by atoms with Crippen LogP contribution in [0.1, 0.15) is 52.4 Å². The van der Waals surface area contributed by atoms with Crippen LogP contribution in [0.15, 0.2) is 24.3 Å². The zero-order valence-electron chi connectivity index (χ0n) is 20.4. The first-order valence-corrected chi connectivity index (χ1v) is 12.9. The third-order valence-electron chi connectivity index (χ3n) is 7.78. The Morgan fingerprint density at radius 3 is 1.31 bits per heavy atom. The molecule has 0 radical (unpaired) electrons. The first kappa shape index (κ1) is 25.3. The first-order valence-electron chi connectivity index (χ1n) is 12.9. The number of quaternary nitrogens is 2. The van der Waals surface area contributed by atoms with Crippen LogP contribution in [-0.2, 0) is 0 Å². The number of ether oxygens (including phenoxy) is 2. The lowest BCUT2D eigenvalue weighted by molar-refractivity contribution is -0.933. The second kappa shape index (κ2) is 12.2. The third kappa shape index (κ3) is 7.34. The maximum absolute atomic E-state index is 10.5. The van der Waals surface area contributed by atoms with E-state index in [9.17, 15) is 10.2 Å². The highest BCUT2D eigenvalue weighted by Crippen LogP contribution is 2.22. The summed E-state index contributed by atoms with van der Waals surface area (Å²) in [6.07, 6.45) is 6.76. The van der Waals surface area contributed by atoms with Gasteiger partial charge in [0.2, 0.25) is 0 Å². The van der Waals surface area contributed by atoms with E-state index in [1.54, 1.807) is 0 Å². The minimum atomic E-state index is -0.456. The minimum absolute atomic E-state index is 0.315. The van der Waals surface area contributed by atoms with Crippen molar-refractivity contribution >= 4 is 0 Å². The van der Waals surface area contributed by atoms with Crippen LogP contribution in [0.5, 0.6) is 11.5 Å². The lowest BCUT2D eigenvalue weighted by atomic mass is 10.1. The van der Waals surface area contributed by atoms with Gasteiger partial charge in [0.25, 0.3) is 0 Å². The second-order valence-corrected chi connectivity index (χ2v) is 10.1. The number of likely N-dealkylation sites (tertiary alicyclic amines) is 2. The van der Waals surface area contributed by atoms with Gasteiger partial charge < -0.3 is 28.7 Å². The number of aliphatic hydroxyl groups excluding tert-OH is 2. The van der Waals surface area contributed by atoms with E-state index >= 15 is 0 Å². The Balaban J connectivity index is 1.39. The average molecular weight is 451 g/mol. The molecule has 1 aromatic carbocycles. The fraction of sp³-hybridized carbons (Fsp3) is 0.769. The number of likely N-dealkylation sites (N-methyl/N-ethyl adjacent to an activating group) is 2. The molecule has 0 spiro atoms. The van der Waals surface area contributed by atoms with E-state index in [0.717, 1.165) is 46.6 Å². The summed E-state index contributed by atoms with van der Waals surface area (Å²) >= 11 is 0. The molecule has 2 N–H and O–H groups in total. The summed E-state index contributed by atoms with van der Waals surface area (Å²) in [5, 5.41) is 21.1. The van der Waals surface area contributed by atoms with Gasteiger partial charge in [0.1, 0.15) is 50.0 Å². The molecule has 0 bridgehead atoms. The third-order valence-corrected chi connectivity index (χ3v) is 7.78. The van der Waals surface area contributed by atoms with Gasteiger partial charge in [0.15, 0.2) is 0 Å². The van der Waals surface area contributed by atoms with Crippen LogP contribution >= 0.6 is 0 Å². The van der Waals surface area contributed by atoms with Crippen LogP contribution in [0, 0.1) is 0 Å². The molecule has 2 atom stereocenters. The van der Waals surface area contributed by atoms with Gasteiger partial charge in [0.05, 0.1) is 39.3 Å². The molecule has 0 aromatic heterocycles. The normalized spacial score (nSPS) is 22.1. The lowest BCUT2D eigenvalue weighted by Gasteiger charge is -2.42. The quantitative estimate of drug-likeness (QED) is 0.480. The number of aliphatic hydroxyl groups is 2. The van der Waals surface area contributed by atoms with Crippen molar-refractivity contribution in [3.63, 3.8) is 0 Å². The van der Waals surface area contributed by atoms with Gasteiger partial charge >= 0.3 is 0 Å². The van der Waals surface area contributed by atoms with Crippen molar-refractivity contribution in [2.24, 2.45) is 0 Å². The van der Waals surface area contributed by atoms with Crippen molar-refractivity contribution in [1.82, 2.24) is 0 Å². The molecule has 0 amide bonds. The Hall–Kier alpha value is -1.34. The average Bonchev–Trinajstić information content (AvgIpc) is 2.83. The standard InChI is InChI=1S/C26H46N2O4/c1-3-27(15-7-5-8-16-27)19-23(29)21-31-25-11-13-26(14-12-25)32-22-24(30)20-28(4-2)17-9-6-10-18-28/h11-14,23-24,29-30H,3-10,15-22H2,1-2H3/q+2. The fourth-order valence-electron chi connectivity index (χ4n) is 5.64. The summed E-state index contributed by atoms with van der Waals surface area (Å²) < 4.78 is 13.7. The van der Waals surface area contributed by atoms with E-state index < -0.39 is 12.2 Å². The molecule has 2 heterocycles. The minimum Gasteiger partial charge on any atom is -0.491 e. The smallest absolute Gasteiger partial charge is 0.137 e. The van der Waals surface area contributed by atoms with E-state index in [-0.39, 0.29) is 0 Å². The van der Waals surface area contributed by atoms with Crippen molar-refractivity contribution in [2.75, 3.05) is 65.6 Å². The molecule has 6 nitrogen and oxygen atoms in total. The predicted molar refractivity (Wildman–Crippen MR) is 128 cm³/mol. The molecule has 32 heavy (non-hydrogen) atoms. The Morgan fingerprint density at radius 1 is 0.656 bits per heavy atom. The van der Waals surface area contributed by atoms with Gasteiger partial charge in [-0.05, 0) is 76.6 Å². The summed E-state index contributed by atoms with van der Waals surface area (Å²) in [7, 11) is 0. The topological polar surface area (TPSA) is 58.9 Å². The van der Waals surface area contributed by atoms with Crippen LogP contribution < -0.4 is 9.47 Å². The molecule has 2 aliphatic heterocycles. The number of hydrogen-bond acceptors (Lipinski definition) is 4. The monoisotopic (exact) mass is 450 g/mol. The Morgan fingerprint density at radius 2 is 1.00 bits per heavy atom. The van der Waals surface area contributed by atoms with E-state index in [4.69, 9.17) is 9.47 Å². The molecule has 0 aliphatic carbocycles. The van der Waals surface area contributed by atoms with Crippen molar-refractivity contribution in [3.05, 3.63) is 24.3 Å². The number of rotatable bonds is 12. The highest BCUT2D eigenvalue weighted by atomic mass is 16.5. The maximum atomic E-state index is 10.5. The molecular formula is C26H46N2O4+2. The molecule has 6 heteroatoms. The fourth-order valence-corrected chi connectivity index (χ4v) is 5.64. The summed E-state index contributed by atoms with van der Waals surface area (Å²) in [5.74, 6) is 1.48. The van der Waals surface area contributed by atoms with Crippen LogP contribution in [-0.4, -0.2) is 97.0 Å². The van der Waals surface area contributed by atoms with Gasteiger partial charge in [-0.25, -0.2) is 0 Å². The molecule has 3 rings (SSSR count). The Bertz CT molecular complexity index is 597. The van der Waals surface area contributed by atoms with Crippen LogP contribution in [0.2, 0.25) is 0 Å². The second-order valence-electron chi connectivity index (χ2n) is 10.1. The lowest BCUT2D eigenvalue weighted by Crippen LogP contribution is -2.55. The van der Waals surface area contributed by atoms with Crippen molar-refractivity contribution in [3.8, 4) is 11.5 Å². The van der Waals surface area contributed by atoms with E-state index in [2.05, 4.69) is 13.8 Å². The van der Waals surface area contributed by atoms with Gasteiger partial charge in [-0.3, -0.25) is 0 Å². The molecule has 2 fully saturated rings. The van der Waals surface area contributed by atoms with Crippen LogP contribution in [0.3, 0.4) is 0 Å². The van der Waals surface area contributed by atoms with Gasteiger partial charge in [0, 0.05) is 0 Å². The highest BCUT2D eigenvalue weighted by molar-refractivity contribution is 5.31. The SMILES string of the molecule is CC[N+]1(CC(O)COc2ccc(OCC(O)C[N+]3(CC)CCCCC3)cc2)CCCCC1. The number of piperidine rings is 2. The number of hydrogen-bond donors (Lipinski definition) is 2. The maximum Gasteiger partial charge on any atom is 0.137 e. The molecule has 182 valence electrons. The summed E-state index contributed by atoms with van der Waals surface area (Å²) in [5.41, 5.74) is 0. The molecule has 2 saturated heterocycles. The van der Waals surface area contributed by atoms with E-state index in [1.807, 2.05) is 24.3 Å². The molecule has 1 aromatic rings. The first-order chi connectivity index (χ1) is 15.5. The predicted octanol–water partition coefficient (Wildman–Crippen LogP) is 3.21. The number of nitrogens with zero attached hydrogens (tertiary/aromatic N) is 2. The zero-order chi connectivity index (χ0) is 22.9. The summed E-state index contributed by atoms with van der Waals surface area (Å²) in [4.78, 5) is 0. The molecular weight excluding hydrogens is 404 g/mol. The van der Waals surface area contributed by atoms with Gasteiger partial charge in [-0.15, -0.1) is 0 Å². The van der Waals surface area contributed by atoms with Crippen molar-refractivity contribution in [2.45, 2.75) is 64.6 Å². The van der Waals surface area contributed by atoms with Crippen LogP contribution in [0.4, 0.5) is 0 Å². The van der Waals surface area contributed by atoms with E-state index in [0.29, 0.717) is 13.2 Å². The molecule has 2 unspecified atom stereocenters. The van der Waals surface area contributed by atoms with Crippen molar-refractivity contribution < 1.29 is 28.7 Å². The van der Waals surface area contributed by atoms with Crippen molar-refractivity contribution in [1.29, 1.82) is 0 Å². The van der Waals surface area contributed by atoms with Crippen LogP contribution in [0.25, 0.3) is 0 Å². The largest absolute Gasteiger partial charge is 0.491 e. The van der Waals surface area contributed by atoms with Gasteiger partial charge in [-0.1, -0.05) is 0 Å². The molecule has 0 saturated carbocycles. The van der Waals surface area contributed by atoms with E-state index in [1.165, 1.54) is 64.7 Å².